The largest absolute Gasteiger partial charge is 0.465 e. The Hall–Kier alpha value is -1.50. The molecule has 1 aromatic rings. The predicted octanol–water partition coefficient (Wildman–Crippen LogP) is 2.17. The first-order valence-corrected chi connectivity index (χ1v) is 5.65. The number of halogens is 1. The average molecular weight is 252 g/mol. The average Bonchev–Trinajstić information content (AvgIpc) is 2.32. The van der Waals surface area contributed by atoms with E-state index in [-0.39, 0.29) is 5.97 Å². The zero-order chi connectivity index (χ0) is 12.7. The molecule has 0 radical (unpaired) electrons. The molecule has 0 saturated carbocycles. The second-order valence-electron chi connectivity index (χ2n) is 3.32. The molecule has 0 aliphatic carbocycles. The summed E-state index contributed by atoms with van der Waals surface area (Å²) in [4.78, 5) is 11.7. The molecule has 0 aromatic heterocycles. The van der Waals surface area contributed by atoms with Crippen LogP contribution >= 0.6 is 11.6 Å². The van der Waals surface area contributed by atoms with Crippen LogP contribution in [0.4, 0.5) is 0 Å². The van der Waals surface area contributed by atoms with Gasteiger partial charge < -0.3 is 4.74 Å². The molecule has 0 aliphatic rings. The number of esters is 1. The van der Waals surface area contributed by atoms with Crippen molar-refractivity contribution in [2.45, 2.75) is 13.0 Å². The van der Waals surface area contributed by atoms with Crippen molar-refractivity contribution in [1.29, 1.82) is 0 Å². The Kier molecular flexibility index (Phi) is 5.55. The molecule has 1 aromatic carbocycles. The maximum absolute atomic E-state index is 11.7. The predicted molar refractivity (Wildman–Crippen MR) is 67.7 cm³/mol. The second kappa shape index (κ2) is 6.95. The van der Waals surface area contributed by atoms with Gasteiger partial charge in [0, 0.05) is 5.02 Å². The van der Waals surface area contributed by atoms with Crippen molar-refractivity contribution >= 4 is 17.6 Å². The normalized spacial score (nSPS) is 11.6. The first kappa shape index (κ1) is 13.6. The highest BCUT2D eigenvalue weighted by atomic mass is 35.5. The molecule has 3 nitrogen and oxygen atoms in total. The lowest BCUT2D eigenvalue weighted by Gasteiger charge is -2.16. The molecular formula is C13H14ClNO2. The Labute approximate surface area is 106 Å². The van der Waals surface area contributed by atoms with Gasteiger partial charge in [-0.25, -0.2) is 4.79 Å². The summed E-state index contributed by atoms with van der Waals surface area (Å²) in [5.74, 6) is 2.09. The van der Waals surface area contributed by atoms with Gasteiger partial charge in [0.05, 0.1) is 13.2 Å². The van der Waals surface area contributed by atoms with Crippen LogP contribution in [0.5, 0.6) is 0 Å². The number of hydrogen-bond acceptors (Lipinski definition) is 3. The molecular weight excluding hydrogens is 238 g/mol. The van der Waals surface area contributed by atoms with Gasteiger partial charge in [0.1, 0.15) is 6.04 Å². The minimum absolute atomic E-state index is 0.298. The molecule has 17 heavy (non-hydrogen) atoms. The summed E-state index contributed by atoms with van der Waals surface area (Å²) in [7, 11) is 0. The summed E-state index contributed by atoms with van der Waals surface area (Å²) in [5, 5.41) is 3.55. The van der Waals surface area contributed by atoms with Crippen LogP contribution in [0.1, 0.15) is 18.5 Å². The number of ether oxygens (including phenoxy) is 1. The van der Waals surface area contributed by atoms with Crippen LogP contribution < -0.4 is 5.32 Å². The molecule has 1 atom stereocenters. The fourth-order valence-electron chi connectivity index (χ4n) is 1.38. The molecule has 1 N–H and O–H groups in total. The topological polar surface area (TPSA) is 38.3 Å². The molecule has 90 valence electrons. The van der Waals surface area contributed by atoms with E-state index < -0.39 is 6.04 Å². The van der Waals surface area contributed by atoms with Gasteiger partial charge in [-0.05, 0) is 24.6 Å². The van der Waals surface area contributed by atoms with Gasteiger partial charge in [-0.3, -0.25) is 5.32 Å². The smallest absolute Gasteiger partial charge is 0.327 e. The number of terminal acetylenes is 1. The van der Waals surface area contributed by atoms with Gasteiger partial charge in [0.15, 0.2) is 0 Å². The molecule has 0 spiro atoms. The van der Waals surface area contributed by atoms with E-state index in [4.69, 9.17) is 22.8 Å². The van der Waals surface area contributed by atoms with E-state index in [1.54, 1.807) is 31.2 Å². The molecule has 0 saturated heterocycles. The number of carbonyl (C=O) groups is 1. The summed E-state index contributed by atoms with van der Waals surface area (Å²) >= 11 is 5.79. The number of rotatable bonds is 5. The van der Waals surface area contributed by atoms with E-state index in [1.165, 1.54) is 0 Å². The first-order valence-electron chi connectivity index (χ1n) is 5.28. The van der Waals surface area contributed by atoms with Crippen LogP contribution in [-0.2, 0) is 9.53 Å². The number of hydrogen-bond donors (Lipinski definition) is 1. The van der Waals surface area contributed by atoms with Crippen LogP contribution in [0.25, 0.3) is 0 Å². The van der Waals surface area contributed by atoms with E-state index in [9.17, 15) is 4.79 Å². The van der Waals surface area contributed by atoms with E-state index in [2.05, 4.69) is 11.2 Å². The molecule has 1 unspecified atom stereocenters. The summed E-state index contributed by atoms with van der Waals surface area (Å²) in [6.07, 6.45) is 5.17. The highest BCUT2D eigenvalue weighted by Crippen LogP contribution is 2.17. The Morgan fingerprint density at radius 1 is 1.53 bits per heavy atom. The lowest BCUT2D eigenvalue weighted by Crippen LogP contribution is -2.30. The second-order valence-corrected chi connectivity index (χ2v) is 3.76. The van der Waals surface area contributed by atoms with Gasteiger partial charge in [0.2, 0.25) is 0 Å². The number of carbonyl (C=O) groups excluding carboxylic acids is 1. The zero-order valence-corrected chi connectivity index (χ0v) is 10.3. The molecule has 0 heterocycles. The van der Waals surface area contributed by atoms with Gasteiger partial charge in [-0.2, -0.15) is 0 Å². The third kappa shape index (κ3) is 4.10. The van der Waals surface area contributed by atoms with Crippen LogP contribution in [0, 0.1) is 12.3 Å². The molecule has 0 bridgehead atoms. The molecule has 0 fully saturated rings. The van der Waals surface area contributed by atoms with E-state index in [1.807, 2.05) is 0 Å². The third-order valence-electron chi connectivity index (χ3n) is 2.13. The fourth-order valence-corrected chi connectivity index (χ4v) is 1.51. The van der Waals surface area contributed by atoms with E-state index in [0.717, 1.165) is 5.56 Å². The minimum Gasteiger partial charge on any atom is -0.465 e. The van der Waals surface area contributed by atoms with Crippen molar-refractivity contribution < 1.29 is 9.53 Å². The number of benzene rings is 1. The van der Waals surface area contributed by atoms with E-state index >= 15 is 0 Å². The van der Waals surface area contributed by atoms with Crippen molar-refractivity contribution in [2.75, 3.05) is 13.2 Å². The van der Waals surface area contributed by atoms with Gasteiger partial charge >= 0.3 is 5.97 Å². The summed E-state index contributed by atoms with van der Waals surface area (Å²) in [6, 6.07) is 6.44. The van der Waals surface area contributed by atoms with Crippen LogP contribution in [-0.4, -0.2) is 19.1 Å². The lowest BCUT2D eigenvalue weighted by molar-refractivity contribution is -0.145. The number of nitrogens with one attached hydrogen (secondary N) is 1. The van der Waals surface area contributed by atoms with Gasteiger partial charge in [-0.1, -0.05) is 29.7 Å². The summed E-state index contributed by atoms with van der Waals surface area (Å²) < 4.78 is 4.98. The van der Waals surface area contributed by atoms with Crippen molar-refractivity contribution in [1.82, 2.24) is 5.32 Å². The Balaban J connectivity index is 2.85. The highest BCUT2D eigenvalue weighted by Gasteiger charge is 2.20. The monoisotopic (exact) mass is 251 g/mol. The lowest BCUT2D eigenvalue weighted by atomic mass is 10.1. The third-order valence-corrected chi connectivity index (χ3v) is 2.39. The maximum atomic E-state index is 11.7. The van der Waals surface area contributed by atoms with Crippen molar-refractivity contribution in [3.8, 4) is 12.3 Å². The van der Waals surface area contributed by atoms with Gasteiger partial charge in [-0.15, -0.1) is 6.42 Å². The summed E-state index contributed by atoms with van der Waals surface area (Å²) in [6.45, 7) is 2.39. The SMILES string of the molecule is C#CCNC(C(=O)OCC)c1ccc(Cl)cc1. The van der Waals surface area contributed by atoms with E-state index in [0.29, 0.717) is 18.2 Å². The zero-order valence-electron chi connectivity index (χ0n) is 9.57. The molecule has 0 aliphatic heterocycles. The molecule has 4 heteroatoms. The highest BCUT2D eigenvalue weighted by molar-refractivity contribution is 6.30. The Bertz CT molecular complexity index is 408. The Morgan fingerprint density at radius 2 is 2.18 bits per heavy atom. The maximum Gasteiger partial charge on any atom is 0.327 e. The quantitative estimate of drug-likeness (QED) is 0.644. The van der Waals surface area contributed by atoms with Crippen LogP contribution in [0.3, 0.4) is 0 Å². The fraction of sp³-hybridized carbons (Fsp3) is 0.308. The molecule has 1 rings (SSSR count). The van der Waals surface area contributed by atoms with Crippen molar-refractivity contribution in [3.63, 3.8) is 0 Å². The van der Waals surface area contributed by atoms with Crippen LogP contribution in [0.15, 0.2) is 24.3 Å². The van der Waals surface area contributed by atoms with Crippen molar-refractivity contribution in [2.24, 2.45) is 0 Å². The first-order chi connectivity index (χ1) is 8.19. The minimum atomic E-state index is -0.553. The van der Waals surface area contributed by atoms with Crippen LogP contribution in [0.2, 0.25) is 5.02 Å². The molecule has 0 amide bonds. The van der Waals surface area contributed by atoms with Crippen molar-refractivity contribution in [3.05, 3.63) is 34.9 Å². The Morgan fingerprint density at radius 3 is 2.71 bits per heavy atom. The van der Waals surface area contributed by atoms with Gasteiger partial charge in [0.25, 0.3) is 0 Å². The summed E-state index contributed by atoms with van der Waals surface area (Å²) in [5.41, 5.74) is 0.781. The standard InChI is InChI=1S/C13H14ClNO2/c1-3-9-15-12(13(16)17-4-2)10-5-7-11(14)8-6-10/h1,5-8,12,15H,4,9H2,2H3.